The van der Waals surface area contributed by atoms with Crippen LogP contribution in [-0.2, 0) is 16.1 Å². The van der Waals surface area contributed by atoms with Crippen molar-refractivity contribution >= 4 is 17.6 Å². The van der Waals surface area contributed by atoms with Crippen LogP contribution in [0.5, 0.6) is 0 Å². The fraction of sp³-hybridized carbons (Fsp3) is 0.500. The number of ketones is 1. The maximum atomic E-state index is 12.2. The summed E-state index contributed by atoms with van der Waals surface area (Å²) in [5, 5.41) is 6.34. The van der Waals surface area contributed by atoms with Gasteiger partial charge in [0, 0.05) is 13.0 Å². The van der Waals surface area contributed by atoms with Crippen molar-refractivity contribution in [3.63, 3.8) is 0 Å². The Morgan fingerprint density at radius 1 is 1.35 bits per heavy atom. The van der Waals surface area contributed by atoms with E-state index in [2.05, 4.69) is 10.3 Å². The smallest absolute Gasteiger partial charge is 0.282 e. The Hall–Kier alpha value is -2.26. The molecule has 2 amide bonds. The Morgan fingerprint density at radius 2 is 2.05 bits per heavy atom. The van der Waals surface area contributed by atoms with Crippen LogP contribution in [0, 0.1) is 0 Å². The van der Waals surface area contributed by atoms with Crippen molar-refractivity contribution in [2.45, 2.75) is 25.6 Å². The molecule has 7 nitrogen and oxygen atoms in total. The van der Waals surface area contributed by atoms with Crippen LogP contribution >= 0.6 is 0 Å². The molecule has 1 aliphatic rings. The number of halogens is 3. The number of rotatable bonds is 3. The summed E-state index contributed by atoms with van der Waals surface area (Å²) in [4.78, 5) is 34.9. The predicted molar refractivity (Wildman–Crippen MR) is 56.4 cm³/mol. The minimum Gasteiger partial charge on any atom is -0.282 e. The van der Waals surface area contributed by atoms with Crippen molar-refractivity contribution in [1.82, 2.24) is 19.9 Å². The molecule has 0 atom stereocenters. The van der Waals surface area contributed by atoms with Gasteiger partial charge in [-0.15, -0.1) is 5.10 Å². The fourth-order valence-electron chi connectivity index (χ4n) is 1.76. The van der Waals surface area contributed by atoms with Gasteiger partial charge in [-0.25, -0.2) is 4.68 Å². The van der Waals surface area contributed by atoms with Crippen molar-refractivity contribution in [2.24, 2.45) is 0 Å². The minimum atomic E-state index is -5.05. The van der Waals surface area contributed by atoms with E-state index in [9.17, 15) is 27.6 Å². The third kappa shape index (κ3) is 2.83. The molecule has 0 spiro atoms. The molecule has 1 aromatic rings. The van der Waals surface area contributed by atoms with Gasteiger partial charge in [0.1, 0.15) is 6.54 Å². The van der Waals surface area contributed by atoms with E-state index >= 15 is 0 Å². The van der Waals surface area contributed by atoms with Crippen LogP contribution in [0.2, 0.25) is 0 Å². The van der Waals surface area contributed by atoms with E-state index in [4.69, 9.17) is 0 Å². The summed E-state index contributed by atoms with van der Waals surface area (Å²) < 4.78 is 37.3. The molecule has 1 aliphatic heterocycles. The zero-order valence-corrected chi connectivity index (χ0v) is 10.1. The summed E-state index contributed by atoms with van der Waals surface area (Å²) in [6.45, 7) is -0.162. The Bertz CT molecular complexity index is 566. The molecule has 0 unspecified atom stereocenters. The number of nitrogens with zero attached hydrogens (tertiary/aromatic N) is 4. The lowest BCUT2D eigenvalue weighted by Crippen LogP contribution is -2.34. The van der Waals surface area contributed by atoms with E-state index in [-0.39, 0.29) is 18.9 Å². The van der Waals surface area contributed by atoms with Crippen LogP contribution in [0.25, 0.3) is 0 Å². The van der Waals surface area contributed by atoms with Crippen LogP contribution in [0.15, 0.2) is 6.20 Å². The molecule has 1 saturated heterocycles. The molecule has 2 rings (SSSR count). The third-order valence-corrected chi connectivity index (χ3v) is 2.70. The number of hydrogen-bond acceptors (Lipinski definition) is 5. The Labute approximate surface area is 110 Å². The van der Waals surface area contributed by atoms with E-state index in [1.54, 1.807) is 0 Å². The quantitative estimate of drug-likeness (QED) is 0.741. The second-order valence-corrected chi connectivity index (χ2v) is 4.17. The average Bonchev–Trinajstić information content (AvgIpc) is 2.95. The van der Waals surface area contributed by atoms with Crippen molar-refractivity contribution in [3.05, 3.63) is 11.9 Å². The molecule has 10 heteroatoms. The van der Waals surface area contributed by atoms with E-state index in [1.807, 2.05) is 0 Å². The first kappa shape index (κ1) is 14.2. The van der Waals surface area contributed by atoms with Gasteiger partial charge in [-0.1, -0.05) is 5.21 Å². The van der Waals surface area contributed by atoms with E-state index in [1.165, 1.54) is 0 Å². The number of likely N-dealkylation sites (tertiary alicyclic amines) is 1. The molecule has 0 radical (unpaired) electrons. The van der Waals surface area contributed by atoms with Crippen molar-refractivity contribution in [3.8, 4) is 0 Å². The highest BCUT2D eigenvalue weighted by molar-refractivity contribution is 5.98. The predicted octanol–water partition coefficient (Wildman–Crippen LogP) is 0.172. The maximum Gasteiger partial charge on any atom is 0.456 e. The summed E-state index contributed by atoms with van der Waals surface area (Å²) in [7, 11) is 0. The Morgan fingerprint density at radius 3 is 2.60 bits per heavy atom. The summed E-state index contributed by atoms with van der Waals surface area (Å²) in [6.07, 6.45) is -3.50. The molecule has 1 fully saturated rings. The van der Waals surface area contributed by atoms with Gasteiger partial charge in [0.05, 0.1) is 6.20 Å². The lowest BCUT2D eigenvalue weighted by Gasteiger charge is -2.12. The Balaban J connectivity index is 2.05. The number of imide groups is 1. The molecule has 0 aliphatic carbocycles. The molecule has 20 heavy (non-hydrogen) atoms. The van der Waals surface area contributed by atoms with Crippen LogP contribution in [0.3, 0.4) is 0 Å². The number of carbonyl (C=O) groups excluding carboxylic acids is 3. The van der Waals surface area contributed by atoms with Crippen molar-refractivity contribution < 1.29 is 27.6 Å². The SMILES string of the molecule is O=C1CCCN1C(=O)Cn1cc(C(=O)C(F)(F)F)nn1. The maximum absolute atomic E-state index is 12.2. The third-order valence-electron chi connectivity index (χ3n) is 2.70. The fourth-order valence-corrected chi connectivity index (χ4v) is 1.76. The van der Waals surface area contributed by atoms with Gasteiger partial charge in [0.15, 0.2) is 5.69 Å². The minimum absolute atomic E-state index is 0.265. The van der Waals surface area contributed by atoms with Crippen LogP contribution in [0.1, 0.15) is 23.3 Å². The normalized spacial score (nSPS) is 15.8. The van der Waals surface area contributed by atoms with E-state index < -0.39 is 30.1 Å². The first-order valence-electron chi connectivity index (χ1n) is 5.64. The topological polar surface area (TPSA) is 85.2 Å². The highest BCUT2D eigenvalue weighted by Crippen LogP contribution is 2.20. The number of carbonyl (C=O) groups is 3. The van der Waals surface area contributed by atoms with Gasteiger partial charge >= 0.3 is 6.18 Å². The standard InChI is InChI=1S/C10H9F3N4O3/c11-10(12,13)9(20)6-4-16(15-14-6)5-8(19)17-3-1-2-7(17)18/h4H,1-3,5H2. The zero-order chi connectivity index (χ0) is 14.9. The molecule has 0 aromatic carbocycles. The van der Waals surface area contributed by atoms with Gasteiger partial charge < -0.3 is 0 Å². The monoisotopic (exact) mass is 290 g/mol. The molecule has 108 valence electrons. The van der Waals surface area contributed by atoms with Gasteiger partial charge in [0.25, 0.3) is 11.7 Å². The number of amides is 2. The molecule has 0 bridgehead atoms. The lowest BCUT2D eigenvalue weighted by molar-refractivity contribution is -0.142. The molecule has 0 N–H and O–H groups in total. The van der Waals surface area contributed by atoms with Crippen molar-refractivity contribution in [2.75, 3.05) is 6.54 Å². The molecule has 1 aromatic heterocycles. The van der Waals surface area contributed by atoms with E-state index in [0.717, 1.165) is 15.8 Å². The largest absolute Gasteiger partial charge is 0.456 e. The summed E-state index contributed by atoms with van der Waals surface area (Å²) in [6, 6.07) is 0. The molecule has 0 saturated carbocycles. The summed E-state index contributed by atoms with van der Waals surface area (Å²) >= 11 is 0. The second kappa shape index (κ2) is 5.02. The molecule has 2 heterocycles. The lowest BCUT2D eigenvalue weighted by atomic mass is 10.3. The van der Waals surface area contributed by atoms with Crippen LogP contribution in [0.4, 0.5) is 13.2 Å². The van der Waals surface area contributed by atoms with Gasteiger partial charge in [-0.05, 0) is 6.42 Å². The second-order valence-electron chi connectivity index (χ2n) is 4.17. The first-order chi connectivity index (χ1) is 9.29. The zero-order valence-electron chi connectivity index (χ0n) is 10.1. The highest BCUT2D eigenvalue weighted by atomic mass is 19.4. The van der Waals surface area contributed by atoms with Crippen LogP contribution in [-0.4, -0.2) is 50.2 Å². The molecular formula is C10H9F3N4O3. The molecular weight excluding hydrogens is 281 g/mol. The van der Waals surface area contributed by atoms with E-state index in [0.29, 0.717) is 6.42 Å². The van der Waals surface area contributed by atoms with Crippen molar-refractivity contribution in [1.29, 1.82) is 0 Å². The number of alkyl halides is 3. The number of aromatic nitrogens is 3. The van der Waals surface area contributed by atoms with Gasteiger partial charge in [-0.3, -0.25) is 19.3 Å². The van der Waals surface area contributed by atoms with Gasteiger partial charge in [0.2, 0.25) is 5.91 Å². The summed E-state index contributed by atoms with van der Waals surface area (Å²) in [5.74, 6) is -3.06. The number of hydrogen-bond donors (Lipinski definition) is 0. The highest BCUT2D eigenvalue weighted by Gasteiger charge is 2.41. The van der Waals surface area contributed by atoms with Crippen LogP contribution < -0.4 is 0 Å². The van der Waals surface area contributed by atoms with Gasteiger partial charge in [-0.2, -0.15) is 13.2 Å². The first-order valence-corrected chi connectivity index (χ1v) is 5.64. The number of Topliss-reactive ketones (excluding diaryl/α,β-unsaturated/α-hetero) is 1. The average molecular weight is 290 g/mol. The Kier molecular flexibility index (Phi) is 3.55. The summed E-state index contributed by atoms with van der Waals surface area (Å²) in [5.41, 5.74) is -0.891.